The zero-order valence-corrected chi connectivity index (χ0v) is 11.2. The molecule has 1 fully saturated rings. The molecule has 0 saturated carbocycles. The standard InChI is InChI=1S/C13H21N5O/c1-10-6-11(7-14)8-18(10)9-13(19)17-16-12-4-2-3-5-15-12/h2-5,10-11H,6-9,14H2,1H3,(H,15,16)(H,17,19). The highest BCUT2D eigenvalue weighted by Crippen LogP contribution is 2.21. The van der Waals surface area contributed by atoms with Gasteiger partial charge in [-0.2, -0.15) is 0 Å². The first-order chi connectivity index (χ1) is 9.19. The van der Waals surface area contributed by atoms with Crippen LogP contribution in [-0.2, 0) is 4.79 Å². The van der Waals surface area contributed by atoms with Crippen molar-refractivity contribution in [3.63, 3.8) is 0 Å². The molecule has 104 valence electrons. The third-order valence-electron chi connectivity index (χ3n) is 3.47. The van der Waals surface area contributed by atoms with Crippen LogP contribution in [0.1, 0.15) is 13.3 Å². The van der Waals surface area contributed by atoms with Gasteiger partial charge in [0, 0.05) is 18.8 Å². The number of anilines is 1. The molecular formula is C13H21N5O. The largest absolute Gasteiger partial charge is 0.330 e. The van der Waals surface area contributed by atoms with E-state index in [0.717, 1.165) is 13.0 Å². The Hall–Kier alpha value is -1.66. The first-order valence-corrected chi connectivity index (χ1v) is 6.59. The molecule has 2 rings (SSSR count). The molecule has 6 nitrogen and oxygen atoms in total. The minimum Gasteiger partial charge on any atom is -0.330 e. The van der Waals surface area contributed by atoms with E-state index in [9.17, 15) is 4.79 Å². The Bertz CT molecular complexity index is 411. The Morgan fingerprint density at radius 1 is 1.58 bits per heavy atom. The summed E-state index contributed by atoms with van der Waals surface area (Å²) in [5.41, 5.74) is 11.1. The summed E-state index contributed by atoms with van der Waals surface area (Å²) >= 11 is 0. The third kappa shape index (κ3) is 3.90. The normalized spacial score (nSPS) is 23.3. The van der Waals surface area contributed by atoms with Gasteiger partial charge in [0.15, 0.2) is 0 Å². The van der Waals surface area contributed by atoms with Gasteiger partial charge in [-0.3, -0.25) is 20.5 Å². The maximum atomic E-state index is 11.8. The topological polar surface area (TPSA) is 83.3 Å². The number of aromatic nitrogens is 1. The van der Waals surface area contributed by atoms with Crippen LogP contribution in [0.3, 0.4) is 0 Å². The van der Waals surface area contributed by atoms with Crippen molar-refractivity contribution in [1.82, 2.24) is 15.3 Å². The summed E-state index contributed by atoms with van der Waals surface area (Å²) in [6.45, 7) is 4.11. The van der Waals surface area contributed by atoms with Crippen molar-refractivity contribution in [1.29, 1.82) is 0 Å². The number of pyridine rings is 1. The first-order valence-electron chi connectivity index (χ1n) is 6.59. The summed E-state index contributed by atoms with van der Waals surface area (Å²) in [7, 11) is 0. The Labute approximate surface area is 113 Å². The van der Waals surface area contributed by atoms with Crippen molar-refractivity contribution < 1.29 is 4.79 Å². The monoisotopic (exact) mass is 263 g/mol. The number of hydrogen-bond acceptors (Lipinski definition) is 5. The smallest absolute Gasteiger partial charge is 0.252 e. The van der Waals surface area contributed by atoms with E-state index < -0.39 is 0 Å². The van der Waals surface area contributed by atoms with Gasteiger partial charge in [0.05, 0.1) is 6.54 Å². The van der Waals surface area contributed by atoms with Crippen molar-refractivity contribution in [2.24, 2.45) is 11.7 Å². The van der Waals surface area contributed by atoms with Crippen LogP contribution < -0.4 is 16.6 Å². The molecule has 0 spiro atoms. The molecule has 0 aromatic carbocycles. The van der Waals surface area contributed by atoms with Gasteiger partial charge in [0.2, 0.25) is 0 Å². The second-order valence-corrected chi connectivity index (χ2v) is 5.00. The number of rotatable bonds is 5. The fourth-order valence-corrected chi connectivity index (χ4v) is 2.40. The molecule has 0 aliphatic carbocycles. The Kier molecular flexibility index (Phi) is 4.70. The minimum atomic E-state index is -0.0600. The number of carbonyl (C=O) groups excluding carboxylic acids is 1. The SMILES string of the molecule is CC1CC(CN)CN1CC(=O)NNc1ccccn1. The van der Waals surface area contributed by atoms with Gasteiger partial charge in [0.25, 0.3) is 5.91 Å². The molecule has 1 aliphatic heterocycles. The Morgan fingerprint density at radius 2 is 2.42 bits per heavy atom. The minimum absolute atomic E-state index is 0.0600. The van der Waals surface area contributed by atoms with Gasteiger partial charge in [-0.05, 0) is 37.9 Å². The van der Waals surface area contributed by atoms with Crippen LogP contribution in [0.5, 0.6) is 0 Å². The van der Waals surface area contributed by atoms with Gasteiger partial charge in [0.1, 0.15) is 5.82 Å². The van der Waals surface area contributed by atoms with Crippen LogP contribution in [0, 0.1) is 5.92 Å². The fraction of sp³-hybridized carbons (Fsp3) is 0.538. The van der Waals surface area contributed by atoms with Gasteiger partial charge < -0.3 is 5.73 Å². The predicted octanol–water partition coefficient (Wildman–Crippen LogP) is 0.194. The molecule has 2 atom stereocenters. The van der Waals surface area contributed by atoms with Crippen molar-refractivity contribution in [2.45, 2.75) is 19.4 Å². The summed E-state index contributed by atoms with van der Waals surface area (Å²) in [6, 6.07) is 5.89. The van der Waals surface area contributed by atoms with Crippen LogP contribution in [0.4, 0.5) is 5.82 Å². The number of likely N-dealkylation sites (tertiary alicyclic amines) is 1. The highest BCUT2D eigenvalue weighted by atomic mass is 16.2. The molecule has 1 amide bonds. The van der Waals surface area contributed by atoms with Gasteiger partial charge in [-0.25, -0.2) is 4.98 Å². The lowest BCUT2D eigenvalue weighted by Gasteiger charge is -2.20. The molecular weight excluding hydrogens is 242 g/mol. The van der Waals surface area contributed by atoms with Crippen molar-refractivity contribution in [3.8, 4) is 0 Å². The van der Waals surface area contributed by atoms with Crippen molar-refractivity contribution in [3.05, 3.63) is 24.4 Å². The molecule has 19 heavy (non-hydrogen) atoms. The van der Waals surface area contributed by atoms with E-state index in [0.29, 0.717) is 30.9 Å². The molecule has 1 aromatic heterocycles. The maximum Gasteiger partial charge on any atom is 0.252 e. The number of amides is 1. The van der Waals surface area contributed by atoms with Gasteiger partial charge >= 0.3 is 0 Å². The maximum absolute atomic E-state index is 11.8. The number of nitrogens with zero attached hydrogens (tertiary/aromatic N) is 2. The van der Waals surface area contributed by atoms with Crippen LogP contribution in [-0.4, -0.2) is 41.5 Å². The molecule has 4 N–H and O–H groups in total. The Balaban J connectivity index is 1.76. The van der Waals surface area contributed by atoms with E-state index in [2.05, 4.69) is 27.7 Å². The second-order valence-electron chi connectivity index (χ2n) is 5.00. The summed E-state index contributed by atoms with van der Waals surface area (Å²) < 4.78 is 0. The molecule has 2 unspecified atom stereocenters. The van der Waals surface area contributed by atoms with E-state index in [1.807, 2.05) is 12.1 Å². The van der Waals surface area contributed by atoms with Crippen LogP contribution in [0.15, 0.2) is 24.4 Å². The van der Waals surface area contributed by atoms with E-state index in [4.69, 9.17) is 5.73 Å². The number of carbonyl (C=O) groups is 1. The van der Waals surface area contributed by atoms with Crippen molar-refractivity contribution >= 4 is 11.7 Å². The lowest BCUT2D eigenvalue weighted by Crippen LogP contribution is -2.41. The fourth-order valence-electron chi connectivity index (χ4n) is 2.40. The highest BCUT2D eigenvalue weighted by molar-refractivity contribution is 5.79. The Morgan fingerprint density at radius 3 is 3.05 bits per heavy atom. The van der Waals surface area contributed by atoms with Gasteiger partial charge in [-0.1, -0.05) is 6.07 Å². The molecule has 1 saturated heterocycles. The van der Waals surface area contributed by atoms with Crippen molar-refractivity contribution in [2.75, 3.05) is 25.1 Å². The quantitative estimate of drug-likeness (QED) is 0.661. The zero-order valence-electron chi connectivity index (χ0n) is 11.2. The average molecular weight is 263 g/mol. The van der Waals surface area contributed by atoms with E-state index in [1.54, 1.807) is 12.3 Å². The lowest BCUT2D eigenvalue weighted by atomic mass is 10.1. The van der Waals surface area contributed by atoms with Crippen LogP contribution >= 0.6 is 0 Å². The summed E-state index contributed by atoms with van der Waals surface area (Å²) in [4.78, 5) is 18.1. The lowest BCUT2D eigenvalue weighted by molar-refractivity contribution is -0.121. The number of nitrogens with two attached hydrogens (primary N) is 1. The second kappa shape index (κ2) is 6.49. The molecule has 1 aliphatic rings. The van der Waals surface area contributed by atoms with E-state index in [1.165, 1.54) is 0 Å². The van der Waals surface area contributed by atoms with E-state index in [-0.39, 0.29) is 5.91 Å². The summed E-state index contributed by atoms with van der Waals surface area (Å²) in [5, 5.41) is 0. The van der Waals surface area contributed by atoms with Crippen LogP contribution in [0.2, 0.25) is 0 Å². The van der Waals surface area contributed by atoms with E-state index >= 15 is 0 Å². The van der Waals surface area contributed by atoms with Gasteiger partial charge in [-0.15, -0.1) is 0 Å². The number of hydrogen-bond donors (Lipinski definition) is 3. The molecule has 1 aromatic rings. The third-order valence-corrected chi connectivity index (χ3v) is 3.47. The summed E-state index contributed by atoms with van der Waals surface area (Å²) in [6.07, 6.45) is 2.74. The zero-order chi connectivity index (χ0) is 13.7. The van der Waals surface area contributed by atoms with Crippen LogP contribution in [0.25, 0.3) is 0 Å². The molecule has 0 radical (unpaired) electrons. The molecule has 2 heterocycles. The highest BCUT2D eigenvalue weighted by Gasteiger charge is 2.29. The molecule has 6 heteroatoms. The predicted molar refractivity (Wildman–Crippen MR) is 74.2 cm³/mol. The summed E-state index contributed by atoms with van der Waals surface area (Å²) in [5.74, 6) is 1.08. The number of nitrogens with one attached hydrogen (secondary N) is 2. The number of hydrazine groups is 1. The molecule has 0 bridgehead atoms. The average Bonchev–Trinajstić information content (AvgIpc) is 2.78. The first kappa shape index (κ1) is 13.8.